The van der Waals surface area contributed by atoms with Crippen LogP contribution in [0.25, 0.3) is 0 Å². The molecule has 23 heavy (non-hydrogen) atoms. The lowest BCUT2D eigenvalue weighted by atomic mass is 9.96. The van der Waals surface area contributed by atoms with E-state index in [1.807, 2.05) is 6.07 Å². The molecule has 2 fully saturated rings. The molecular formula is C17H28ClN3OS. The summed E-state index contributed by atoms with van der Waals surface area (Å²) in [6.07, 6.45) is 1.25. The Balaban J connectivity index is 1.54. The number of hydrogen-bond donors (Lipinski definition) is 1. The van der Waals surface area contributed by atoms with Crippen LogP contribution in [0.5, 0.6) is 0 Å². The smallest absolute Gasteiger partial charge is 0.0931 e. The molecular weight excluding hydrogens is 330 g/mol. The average Bonchev–Trinajstić information content (AvgIpc) is 3.04. The average molecular weight is 358 g/mol. The molecule has 0 aromatic carbocycles. The third kappa shape index (κ3) is 4.91. The topological polar surface area (TPSA) is 30.0 Å². The standard InChI is InChI=1S/C17H28ClN3OS/c1-19-5-2-6-20(8-7-19)9-14-10-21(11-15(14)13-22)12-16-3-4-17(18)23-16/h3-4,14-15,22H,2,5-13H2,1H3/t14-,15-/m1/s1. The van der Waals surface area contributed by atoms with E-state index in [-0.39, 0.29) is 0 Å². The molecule has 2 atom stereocenters. The number of nitrogens with zero attached hydrogens (tertiary/aromatic N) is 3. The predicted molar refractivity (Wildman–Crippen MR) is 97.2 cm³/mol. The van der Waals surface area contributed by atoms with Crippen molar-refractivity contribution in [1.82, 2.24) is 14.7 Å². The summed E-state index contributed by atoms with van der Waals surface area (Å²) in [4.78, 5) is 8.83. The Morgan fingerprint density at radius 1 is 1.13 bits per heavy atom. The van der Waals surface area contributed by atoms with Crippen molar-refractivity contribution in [2.24, 2.45) is 11.8 Å². The molecule has 3 heterocycles. The van der Waals surface area contributed by atoms with Crippen LogP contribution in [0.3, 0.4) is 0 Å². The van der Waals surface area contributed by atoms with Crippen molar-refractivity contribution in [2.45, 2.75) is 13.0 Å². The zero-order chi connectivity index (χ0) is 16.2. The van der Waals surface area contributed by atoms with E-state index < -0.39 is 0 Å². The van der Waals surface area contributed by atoms with Crippen molar-refractivity contribution in [3.05, 3.63) is 21.3 Å². The number of likely N-dealkylation sites (tertiary alicyclic amines) is 1. The van der Waals surface area contributed by atoms with Gasteiger partial charge in [0.2, 0.25) is 0 Å². The van der Waals surface area contributed by atoms with Gasteiger partial charge in [0, 0.05) is 50.8 Å². The highest BCUT2D eigenvalue weighted by Crippen LogP contribution is 2.28. The fourth-order valence-corrected chi connectivity index (χ4v) is 4.98. The van der Waals surface area contributed by atoms with Crippen LogP contribution in [0, 0.1) is 11.8 Å². The summed E-state index contributed by atoms with van der Waals surface area (Å²) in [5.74, 6) is 0.991. The van der Waals surface area contributed by atoms with Gasteiger partial charge in [-0.3, -0.25) is 4.90 Å². The first-order valence-corrected chi connectivity index (χ1v) is 9.82. The van der Waals surface area contributed by atoms with Gasteiger partial charge in [0.1, 0.15) is 0 Å². The van der Waals surface area contributed by atoms with E-state index in [0.717, 1.165) is 43.6 Å². The van der Waals surface area contributed by atoms with Crippen LogP contribution in [0.4, 0.5) is 0 Å². The summed E-state index contributed by atoms with van der Waals surface area (Å²) in [6.45, 7) is 9.21. The molecule has 1 N–H and O–H groups in total. The molecule has 2 aliphatic rings. The molecule has 2 saturated heterocycles. The van der Waals surface area contributed by atoms with E-state index >= 15 is 0 Å². The molecule has 0 bridgehead atoms. The second-order valence-corrected chi connectivity index (χ2v) is 8.86. The van der Waals surface area contributed by atoms with Gasteiger partial charge in [-0.2, -0.15) is 0 Å². The number of halogens is 1. The number of aliphatic hydroxyl groups excluding tert-OH is 1. The van der Waals surface area contributed by atoms with Gasteiger partial charge in [0.05, 0.1) is 4.34 Å². The largest absolute Gasteiger partial charge is 0.396 e. The Hall–Kier alpha value is -0.170. The number of thiophene rings is 1. The van der Waals surface area contributed by atoms with Gasteiger partial charge < -0.3 is 14.9 Å². The minimum atomic E-state index is 0.306. The maximum atomic E-state index is 9.78. The van der Waals surface area contributed by atoms with Gasteiger partial charge >= 0.3 is 0 Å². The van der Waals surface area contributed by atoms with Crippen LogP contribution < -0.4 is 0 Å². The summed E-state index contributed by atoms with van der Waals surface area (Å²) in [5.41, 5.74) is 0. The summed E-state index contributed by atoms with van der Waals surface area (Å²) < 4.78 is 0.864. The van der Waals surface area contributed by atoms with Crippen molar-refractivity contribution < 1.29 is 5.11 Å². The lowest BCUT2D eigenvalue weighted by Crippen LogP contribution is -2.36. The molecule has 6 heteroatoms. The minimum Gasteiger partial charge on any atom is -0.396 e. The molecule has 0 amide bonds. The molecule has 0 saturated carbocycles. The Kier molecular flexibility index (Phi) is 6.35. The van der Waals surface area contributed by atoms with Crippen molar-refractivity contribution in [2.75, 3.05) is 59.5 Å². The second kappa shape index (κ2) is 8.28. The minimum absolute atomic E-state index is 0.306. The zero-order valence-electron chi connectivity index (χ0n) is 14.0. The van der Waals surface area contributed by atoms with Crippen molar-refractivity contribution in [3.8, 4) is 0 Å². The van der Waals surface area contributed by atoms with E-state index in [9.17, 15) is 5.11 Å². The summed E-state index contributed by atoms with van der Waals surface area (Å²) in [7, 11) is 2.21. The third-order valence-electron chi connectivity index (χ3n) is 5.20. The van der Waals surface area contributed by atoms with Gasteiger partial charge in [-0.1, -0.05) is 11.6 Å². The van der Waals surface area contributed by atoms with Crippen molar-refractivity contribution in [3.63, 3.8) is 0 Å². The van der Waals surface area contributed by atoms with Crippen LogP contribution in [0.1, 0.15) is 11.3 Å². The zero-order valence-corrected chi connectivity index (χ0v) is 15.5. The van der Waals surface area contributed by atoms with E-state index in [4.69, 9.17) is 11.6 Å². The van der Waals surface area contributed by atoms with Crippen molar-refractivity contribution >= 4 is 22.9 Å². The Labute approximate surface area is 148 Å². The number of likely N-dealkylation sites (N-methyl/N-ethyl adjacent to an activating group) is 1. The van der Waals surface area contributed by atoms with Crippen LogP contribution in [0.2, 0.25) is 4.34 Å². The van der Waals surface area contributed by atoms with Crippen LogP contribution in [-0.4, -0.2) is 79.3 Å². The number of hydrogen-bond acceptors (Lipinski definition) is 5. The van der Waals surface area contributed by atoms with E-state index in [2.05, 4.69) is 27.8 Å². The lowest BCUT2D eigenvalue weighted by molar-refractivity contribution is 0.165. The monoisotopic (exact) mass is 357 g/mol. The van der Waals surface area contributed by atoms with E-state index in [0.29, 0.717) is 18.4 Å². The molecule has 0 aliphatic carbocycles. The third-order valence-corrected chi connectivity index (χ3v) is 6.42. The van der Waals surface area contributed by atoms with Gasteiger partial charge in [-0.05, 0) is 50.5 Å². The van der Waals surface area contributed by atoms with Gasteiger partial charge in [0.25, 0.3) is 0 Å². The summed E-state index contributed by atoms with van der Waals surface area (Å²) in [6, 6.07) is 4.10. The maximum Gasteiger partial charge on any atom is 0.0931 e. The van der Waals surface area contributed by atoms with Gasteiger partial charge in [-0.15, -0.1) is 11.3 Å². The molecule has 1 aromatic heterocycles. The van der Waals surface area contributed by atoms with Crippen LogP contribution in [0.15, 0.2) is 12.1 Å². The van der Waals surface area contributed by atoms with Crippen LogP contribution >= 0.6 is 22.9 Å². The summed E-state index contributed by atoms with van der Waals surface area (Å²) >= 11 is 7.70. The molecule has 4 nitrogen and oxygen atoms in total. The fraction of sp³-hybridized carbons (Fsp3) is 0.765. The quantitative estimate of drug-likeness (QED) is 0.873. The first-order chi connectivity index (χ1) is 11.1. The highest BCUT2D eigenvalue weighted by atomic mass is 35.5. The van der Waals surface area contributed by atoms with Crippen LogP contribution in [-0.2, 0) is 6.54 Å². The number of rotatable bonds is 5. The van der Waals surface area contributed by atoms with Gasteiger partial charge in [0.15, 0.2) is 0 Å². The Morgan fingerprint density at radius 3 is 2.70 bits per heavy atom. The lowest BCUT2D eigenvalue weighted by Gasteiger charge is -2.26. The molecule has 0 spiro atoms. The molecule has 0 radical (unpaired) electrons. The second-order valence-electron chi connectivity index (χ2n) is 7.06. The molecule has 0 unspecified atom stereocenters. The molecule has 1 aromatic rings. The molecule has 130 valence electrons. The SMILES string of the molecule is CN1CCCN(C[C@@H]2CN(Cc3ccc(Cl)s3)C[C@@H]2CO)CC1. The maximum absolute atomic E-state index is 9.78. The first-order valence-electron chi connectivity index (χ1n) is 8.62. The highest BCUT2D eigenvalue weighted by Gasteiger charge is 2.33. The summed E-state index contributed by atoms with van der Waals surface area (Å²) in [5, 5.41) is 9.78. The normalized spacial score (nSPS) is 28.3. The number of aliphatic hydroxyl groups is 1. The Bertz CT molecular complexity index is 498. The fourth-order valence-electron chi connectivity index (χ4n) is 3.85. The van der Waals surface area contributed by atoms with E-state index in [1.54, 1.807) is 11.3 Å². The first kappa shape index (κ1) is 17.6. The molecule has 2 aliphatic heterocycles. The predicted octanol–water partition coefficient (Wildman–Crippen LogP) is 2.08. The van der Waals surface area contributed by atoms with E-state index in [1.165, 1.54) is 24.4 Å². The highest BCUT2D eigenvalue weighted by molar-refractivity contribution is 7.16. The molecule has 3 rings (SSSR count). The van der Waals surface area contributed by atoms with Gasteiger partial charge in [-0.25, -0.2) is 0 Å². The Morgan fingerprint density at radius 2 is 1.96 bits per heavy atom. The van der Waals surface area contributed by atoms with Crippen molar-refractivity contribution in [1.29, 1.82) is 0 Å².